The third kappa shape index (κ3) is 4.75. The first-order valence-corrected chi connectivity index (χ1v) is 3.83. The summed E-state index contributed by atoms with van der Waals surface area (Å²) in [5.74, 6) is -0.234. The fraction of sp³-hybridized carbons (Fsp3) is 0.857. The second-order valence-corrected chi connectivity index (χ2v) is 2.50. The van der Waals surface area contributed by atoms with E-state index in [4.69, 9.17) is 5.73 Å². The van der Waals surface area contributed by atoms with Gasteiger partial charge in [-0.1, -0.05) is 0 Å². The molecule has 0 spiro atoms. The largest absolute Gasteiger partial charge is 0.465 e. The van der Waals surface area contributed by atoms with E-state index >= 15 is 0 Å². The minimum atomic E-state index is -0.234. The Kier molecular flexibility index (Phi) is 5.78. The highest BCUT2D eigenvalue weighted by Gasteiger charge is 2.15. The lowest BCUT2D eigenvalue weighted by Gasteiger charge is -2.04. The fourth-order valence-electron chi connectivity index (χ4n) is 0.820. The maximum absolute atomic E-state index is 10.8. The van der Waals surface area contributed by atoms with Gasteiger partial charge in [0.15, 0.2) is 6.04 Å². The van der Waals surface area contributed by atoms with Gasteiger partial charge in [0.25, 0.3) is 0 Å². The molecule has 1 atom stereocenters. The molecule has 0 unspecified atom stereocenters. The van der Waals surface area contributed by atoms with Crippen molar-refractivity contribution in [3.8, 4) is 0 Å². The maximum atomic E-state index is 10.8. The average molecular weight is 161 g/mol. The van der Waals surface area contributed by atoms with E-state index in [0.717, 1.165) is 19.3 Å². The van der Waals surface area contributed by atoms with E-state index in [2.05, 4.69) is 10.5 Å². The lowest BCUT2D eigenvalue weighted by Crippen LogP contribution is -2.65. The van der Waals surface area contributed by atoms with Crippen molar-refractivity contribution in [3.05, 3.63) is 0 Å². The Balaban J connectivity index is 3.36. The molecule has 0 saturated carbocycles. The van der Waals surface area contributed by atoms with Crippen LogP contribution in [0, 0.1) is 0 Å². The van der Waals surface area contributed by atoms with Crippen molar-refractivity contribution < 1.29 is 15.3 Å². The van der Waals surface area contributed by atoms with E-state index in [1.165, 1.54) is 7.11 Å². The van der Waals surface area contributed by atoms with E-state index in [1.807, 2.05) is 0 Å². The predicted molar refractivity (Wildman–Crippen MR) is 41.6 cm³/mol. The molecule has 0 aromatic carbocycles. The van der Waals surface area contributed by atoms with Crippen LogP contribution in [0.4, 0.5) is 0 Å². The molecule has 0 fully saturated rings. The molecule has 0 amide bonds. The summed E-state index contributed by atoms with van der Waals surface area (Å²) in [5, 5.41) is 0. The third-order valence-corrected chi connectivity index (χ3v) is 1.54. The fourth-order valence-corrected chi connectivity index (χ4v) is 0.820. The lowest BCUT2D eigenvalue weighted by molar-refractivity contribution is -0.409. The van der Waals surface area contributed by atoms with Gasteiger partial charge in [0.2, 0.25) is 0 Å². The van der Waals surface area contributed by atoms with E-state index in [-0.39, 0.29) is 12.0 Å². The minimum absolute atomic E-state index is 0.230. The van der Waals surface area contributed by atoms with Crippen LogP contribution in [0.5, 0.6) is 0 Å². The maximum Gasteiger partial charge on any atom is 0.364 e. The second kappa shape index (κ2) is 6.12. The summed E-state index contributed by atoms with van der Waals surface area (Å²) in [6.07, 6.45) is 2.66. The Bertz CT molecular complexity index is 117. The zero-order valence-electron chi connectivity index (χ0n) is 7.01. The predicted octanol–water partition coefficient (Wildman–Crippen LogP) is -1.10. The summed E-state index contributed by atoms with van der Waals surface area (Å²) in [7, 11) is 1.38. The SMILES string of the molecule is COC(=O)[C@H]([NH3+])CCCCN. The van der Waals surface area contributed by atoms with Crippen LogP contribution < -0.4 is 11.5 Å². The molecule has 5 N–H and O–H groups in total. The summed E-state index contributed by atoms with van der Waals surface area (Å²) in [4.78, 5) is 10.8. The molecule has 0 aliphatic rings. The quantitative estimate of drug-likeness (QED) is 0.396. The summed E-state index contributed by atoms with van der Waals surface area (Å²) >= 11 is 0. The highest BCUT2D eigenvalue weighted by molar-refractivity contribution is 5.73. The van der Waals surface area contributed by atoms with Crippen molar-refractivity contribution in [2.45, 2.75) is 25.3 Å². The van der Waals surface area contributed by atoms with Crippen molar-refractivity contribution in [2.24, 2.45) is 5.73 Å². The smallest absolute Gasteiger partial charge is 0.364 e. The number of nitrogens with two attached hydrogens (primary N) is 1. The molecule has 0 radical (unpaired) electrons. The Morgan fingerprint density at radius 1 is 1.64 bits per heavy atom. The van der Waals surface area contributed by atoms with Gasteiger partial charge in [0.05, 0.1) is 7.11 Å². The van der Waals surface area contributed by atoms with Gasteiger partial charge in [-0.3, -0.25) is 0 Å². The van der Waals surface area contributed by atoms with E-state index < -0.39 is 0 Å². The molecular weight excluding hydrogens is 144 g/mol. The van der Waals surface area contributed by atoms with Crippen molar-refractivity contribution in [3.63, 3.8) is 0 Å². The first-order chi connectivity index (χ1) is 5.22. The number of esters is 1. The normalized spacial score (nSPS) is 12.6. The standard InChI is InChI=1S/C7H16N2O2/c1-11-7(10)6(9)4-2-3-5-8/h6H,2-5,8-9H2,1H3/p+1/t6-/m1/s1. The van der Waals surface area contributed by atoms with Crippen LogP contribution in [0.1, 0.15) is 19.3 Å². The number of rotatable bonds is 5. The minimum Gasteiger partial charge on any atom is -0.465 e. The molecular formula is C7H17N2O2+. The monoisotopic (exact) mass is 161 g/mol. The number of ether oxygens (including phenoxy) is 1. The van der Waals surface area contributed by atoms with Crippen LogP contribution in [0.15, 0.2) is 0 Å². The van der Waals surface area contributed by atoms with Crippen LogP contribution in [0.2, 0.25) is 0 Å². The molecule has 66 valence electrons. The molecule has 0 saturated heterocycles. The molecule has 0 aromatic heterocycles. The second-order valence-electron chi connectivity index (χ2n) is 2.50. The van der Waals surface area contributed by atoms with Gasteiger partial charge < -0.3 is 16.2 Å². The van der Waals surface area contributed by atoms with Gasteiger partial charge in [-0.25, -0.2) is 4.79 Å². The van der Waals surface area contributed by atoms with E-state index in [0.29, 0.717) is 6.54 Å². The Morgan fingerprint density at radius 3 is 2.73 bits per heavy atom. The van der Waals surface area contributed by atoms with Gasteiger partial charge in [0, 0.05) is 6.42 Å². The number of quaternary nitrogens is 1. The molecule has 11 heavy (non-hydrogen) atoms. The number of carbonyl (C=O) groups is 1. The summed E-state index contributed by atoms with van der Waals surface area (Å²) < 4.78 is 4.51. The number of hydrogen-bond donors (Lipinski definition) is 2. The number of hydrogen-bond acceptors (Lipinski definition) is 3. The van der Waals surface area contributed by atoms with Crippen molar-refractivity contribution >= 4 is 5.97 Å². The molecule has 4 heteroatoms. The lowest BCUT2D eigenvalue weighted by atomic mass is 10.1. The summed E-state index contributed by atoms with van der Waals surface area (Å²) in [6.45, 7) is 0.674. The van der Waals surface area contributed by atoms with Crippen LogP contribution in [-0.4, -0.2) is 25.7 Å². The topological polar surface area (TPSA) is 80.0 Å². The van der Waals surface area contributed by atoms with Gasteiger partial charge in [-0.15, -0.1) is 0 Å². The summed E-state index contributed by atoms with van der Waals surface area (Å²) in [5.41, 5.74) is 8.95. The molecule has 0 aliphatic carbocycles. The van der Waals surface area contributed by atoms with Crippen LogP contribution >= 0.6 is 0 Å². The zero-order valence-corrected chi connectivity index (χ0v) is 7.01. The first kappa shape index (κ1) is 10.4. The Hall–Kier alpha value is -0.610. The number of unbranched alkanes of at least 4 members (excludes halogenated alkanes) is 1. The molecule has 0 aromatic rings. The zero-order chi connectivity index (χ0) is 8.69. The Morgan fingerprint density at radius 2 is 2.27 bits per heavy atom. The molecule has 0 aliphatic heterocycles. The van der Waals surface area contributed by atoms with Gasteiger partial charge in [0.1, 0.15) is 0 Å². The summed E-state index contributed by atoms with van der Waals surface area (Å²) in [6, 6.07) is -0.230. The van der Waals surface area contributed by atoms with Gasteiger partial charge in [-0.05, 0) is 19.4 Å². The van der Waals surface area contributed by atoms with E-state index in [1.54, 1.807) is 0 Å². The van der Waals surface area contributed by atoms with Crippen molar-refractivity contribution in [1.29, 1.82) is 0 Å². The highest BCUT2D eigenvalue weighted by atomic mass is 16.5. The van der Waals surface area contributed by atoms with Crippen LogP contribution in [0.25, 0.3) is 0 Å². The number of methoxy groups -OCH3 is 1. The van der Waals surface area contributed by atoms with E-state index in [9.17, 15) is 4.79 Å². The number of carbonyl (C=O) groups excluding carboxylic acids is 1. The average Bonchev–Trinajstić information content (AvgIpc) is 2.03. The first-order valence-electron chi connectivity index (χ1n) is 3.83. The third-order valence-electron chi connectivity index (χ3n) is 1.54. The molecule has 0 bridgehead atoms. The van der Waals surface area contributed by atoms with Crippen molar-refractivity contribution in [2.75, 3.05) is 13.7 Å². The molecule has 0 rings (SSSR count). The van der Waals surface area contributed by atoms with Gasteiger partial charge >= 0.3 is 5.97 Å². The molecule has 0 heterocycles. The highest BCUT2D eigenvalue weighted by Crippen LogP contribution is 1.97. The van der Waals surface area contributed by atoms with Gasteiger partial charge in [-0.2, -0.15) is 0 Å². The Labute approximate surface area is 66.9 Å². The molecule has 4 nitrogen and oxygen atoms in total. The van der Waals surface area contributed by atoms with Crippen molar-refractivity contribution in [1.82, 2.24) is 0 Å². The van der Waals surface area contributed by atoms with Crippen LogP contribution in [-0.2, 0) is 9.53 Å². The van der Waals surface area contributed by atoms with Crippen LogP contribution in [0.3, 0.4) is 0 Å².